The Hall–Kier alpha value is -1.15. The lowest BCUT2D eigenvalue weighted by atomic mass is 9.88. The van der Waals surface area contributed by atoms with Crippen LogP contribution in [0.2, 0.25) is 0 Å². The predicted octanol–water partition coefficient (Wildman–Crippen LogP) is 2.80. The molecule has 3 heterocycles. The summed E-state index contributed by atoms with van der Waals surface area (Å²) in [7, 11) is 6.61. The third-order valence-electron chi connectivity index (χ3n) is 6.62. The van der Waals surface area contributed by atoms with Gasteiger partial charge >= 0.3 is 0 Å². The van der Waals surface area contributed by atoms with Crippen LogP contribution in [0.25, 0.3) is 0 Å². The third-order valence-corrected chi connectivity index (χ3v) is 7.56. The molecule has 2 saturated heterocycles. The van der Waals surface area contributed by atoms with Crippen LogP contribution in [0.4, 0.5) is 0 Å². The van der Waals surface area contributed by atoms with Crippen molar-refractivity contribution in [3.05, 3.63) is 22.4 Å². The van der Waals surface area contributed by atoms with E-state index in [9.17, 15) is 0 Å². The Kier molecular flexibility index (Phi) is 8.35. The Morgan fingerprint density at radius 1 is 1.34 bits per heavy atom. The van der Waals surface area contributed by atoms with E-state index in [2.05, 4.69) is 66.0 Å². The van der Waals surface area contributed by atoms with Crippen molar-refractivity contribution in [2.45, 2.75) is 44.2 Å². The molecule has 2 N–H and O–H groups in total. The number of hydrogen-bond donors (Lipinski definition) is 2. The number of likely N-dealkylation sites (tertiary alicyclic amines) is 1. The number of likely N-dealkylation sites (N-methyl/N-ethyl adjacent to an activating group) is 1. The van der Waals surface area contributed by atoms with Crippen LogP contribution in [0, 0.1) is 5.92 Å². The maximum Gasteiger partial charge on any atom is 0.191 e. The summed E-state index contributed by atoms with van der Waals surface area (Å²) in [5.74, 6) is 1.54. The first-order valence-electron chi connectivity index (χ1n) is 11.1. The molecule has 2 fully saturated rings. The SMILES string of the molecule is CCNC(=NCC1(N(C)C)CCOCC1)NCC1CCCN(C)C1c1cccs1. The van der Waals surface area contributed by atoms with Gasteiger partial charge in [0.25, 0.3) is 0 Å². The second kappa shape index (κ2) is 10.8. The summed E-state index contributed by atoms with van der Waals surface area (Å²) in [6.07, 6.45) is 4.61. The largest absolute Gasteiger partial charge is 0.381 e. The number of ether oxygens (including phenoxy) is 1. The van der Waals surface area contributed by atoms with E-state index in [1.807, 2.05) is 11.3 Å². The Bertz CT molecular complexity index is 627. The minimum atomic E-state index is 0.102. The van der Waals surface area contributed by atoms with Crippen LogP contribution in [0.5, 0.6) is 0 Å². The van der Waals surface area contributed by atoms with Crippen LogP contribution in [0.15, 0.2) is 22.5 Å². The van der Waals surface area contributed by atoms with E-state index in [4.69, 9.17) is 9.73 Å². The Labute approximate surface area is 180 Å². The zero-order valence-electron chi connectivity index (χ0n) is 18.6. The van der Waals surface area contributed by atoms with Crippen molar-refractivity contribution in [3.8, 4) is 0 Å². The summed E-state index contributed by atoms with van der Waals surface area (Å²) >= 11 is 1.88. The average molecular weight is 422 g/mol. The van der Waals surface area contributed by atoms with E-state index in [0.29, 0.717) is 12.0 Å². The van der Waals surface area contributed by atoms with Crippen molar-refractivity contribution < 1.29 is 4.74 Å². The standard InChI is InChI=1S/C22H39N5OS/c1-5-23-21(25-17-22(26(2)3)10-13-28-14-11-22)24-16-18-8-6-12-27(4)20(18)19-9-7-15-29-19/h7,9,15,18,20H,5-6,8,10-14,16-17H2,1-4H3,(H2,23,24,25). The number of nitrogens with one attached hydrogen (secondary N) is 2. The summed E-state index contributed by atoms with van der Waals surface area (Å²) in [5.41, 5.74) is 0.102. The number of rotatable bonds is 7. The van der Waals surface area contributed by atoms with Gasteiger partial charge in [0.1, 0.15) is 0 Å². The molecule has 2 unspecified atom stereocenters. The molecule has 0 saturated carbocycles. The second-order valence-electron chi connectivity index (χ2n) is 8.65. The molecule has 0 amide bonds. The Balaban J connectivity index is 1.65. The minimum absolute atomic E-state index is 0.102. The van der Waals surface area contributed by atoms with Crippen molar-refractivity contribution in [1.82, 2.24) is 20.4 Å². The lowest BCUT2D eigenvalue weighted by molar-refractivity contribution is -0.00255. The van der Waals surface area contributed by atoms with Gasteiger partial charge in [-0.05, 0) is 77.7 Å². The molecule has 164 valence electrons. The van der Waals surface area contributed by atoms with E-state index < -0.39 is 0 Å². The van der Waals surface area contributed by atoms with Crippen molar-refractivity contribution in [2.24, 2.45) is 10.9 Å². The fraction of sp³-hybridized carbons (Fsp3) is 0.773. The molecule has 3 rings (SSSR count). The summed E-state index contributed by atoms with van der Waals surface area (Å²) in [4.78, 5) is 11.4. The molecule has 0 radical (unpaired) electrons. The zero-order valence-corrected chi connectivity index (χ0v) is 19.4. The summed E-state index contributed by atoms with van der Waals surface area (Å²) in [6, 6.07) is 4.96. The molecule has 0 aromatic carbocycles. The Morgan fingerprint density at radius 3 is 2.79 bits per heavy atom. The van der Waals surface area contributed by atoms with Gasteiger partial charge in [0.15, 0.2) is 5.96 Å². The van der Waals surface area contributed by atoms with Gasteiger partial charge in [-0.25, -0.2) is 0 Å². The number of hydrogen-bond acceptors (Lipinski definition) is 5. The molecule has 6 nitrogen and oxygen atoms in total. The van der Waals surface area contributed by atoms with Gasteiger partial charge in [0.2, 0.25) is 0 Å². The quantitative estimate of drug-likeness (QED) is 0.524. The highest BCUT2D eigenvalue weighted by atomic mass is 32.1. The van der Waals surface area contributed by atoms with E-state index in [-0.39, 0.29) is 5.54 Å². The number of aliphatic imine (C=N–C) groups is 1. The van der Waals surface area contributed by atoms with Crippen LogP contribution in [-0.2, 0) is 4.74 Å². The normalized spacial score (nSPS) is 25.9. The monoisotopic (exact) mass is 421 g/mol. The third kappa shape index (κ3) is 5.72. The fourth-order valence-electron chi connectivity index (χ4n) is 4.68. The van der Waals surface area contributed by atoms with Crippen molar-refractivity contribution in [3.63, 3.8) is 0 Å². The fourth-order valence-corrected chi connectivity index (χ4v) is 5.66. The predicted molar refractivity (Wildman–Crippen MR) is 123 cm³/mol. The van der Waals surface area contributed by atoms with Crippen molar-refractivity contribution >= 4 is 17.3 Å². The lowest BCUT2D eigenvalue weighted by Gasteiger charge is -2.42. The minimum Gasteiger partial charge on any atom is -0.381 e. The van der Waals surface area contributed by atoms with Crippen molar-refractivity contribution in [1.29, 1.82) is 0 Å². The molecule has 7 heteroatoms. The first-order valence-corrected chi connectivity index (χ1v) is 11.9. The van der Waals surface area contributed by atoms with Gasteiger partial charge < -0.3 is 20.3 Å². The highest BCUT2D eigenvalue weighted by Crippen LogP contribution is 2.36. The molecule has 0 aliphatic carbocycles. The molecule has 0 spiro atoms. The molecule has 2 atom stereocenters. The van der Waals surface area contributed by atoms with Crippen LogP contribution in [0.3, 0.4) is 0 Å². The maximum atomic E-state index is 5.60. The molecule has 2 aliphatic heterocycles. The van der Waals surface area contributed by atoms with Crippen LogP contribution in [-0.4, -0.2) is 81.8 Å². The second-order valence-corrected chi connectivity index (χ2v) is 9.63. The van der Waals surface area contributed by atoms with Gasteiger partial charge in [-0.2, -0.15) is 0 Å². The van der Waals surface area contributed by atoms with Gasteiger partial charge in [0, 0.05) is 42.8 Å². The highest BCUT2D eigenvalue weighted by molar-refractivity contribution is 7.10. The molecule has 1 aromatic rings. The van der Waals surface area contributed by atoms with E-state index in [1.165, 1.54) is 24.3 Å². The number of thiophene rings is 1. The average Bonchev–Trinajstić information content (AvgIpc) is 3.25. The highest BCUT2D eigenvalue weighted by Gasteiger charge is 2.35. The number of piperidine rings is 1. The zero-order chi connectivity index (χ0) is 20.7. The molecule has 1 aromatic heterocycles. The van der Waals surface area contributed by atoms with Crippen LogP contribution < -0.4 is 10.6 Å². The molecule has 2 aliphatic rings. The maximum absolute atomic E-state index is 5.60. The molecular formula is C22H39N5OS. The number of guanidine groups is 1. The van der Waals surface area contributed by atoms with Crippen LogP contribution in [0.1, 0.15) is 43.5 Å². The van der Waals surface area contributed by atoms with Gasteiger partial charge in [-0.1, -0.05) is 6.07 Å². The summed E-state index contributed by atoms with van der Waals surface area (Å²) in [6.45, 7) is 7.61. The molecule has 0 bridgehead atoms. The van der Waals surface area contributed by atoms with E-state index in [0.717, 1.165) is 51.6 Å². The smallest absolute Gasteiger partial charge is 0.191 e. The lowest BCUT2D eigenvalue weighted by Crippen LogP contribution is -2.52. The van der Waals surface area contributed by atoms with E-state index in [1.54, 1.807) is 0 Å². The number of nitrogens with zero attached hydrogens (tertiary/aromatic N) is 3. The Morgan fingerprint density at radius 2 is 2.14 bits per heavy atom. The van der Waals surface area contributed by atoms with Crippen LogP contribution >= 0.6 is 11.3 Å². The first-order chi connectivity index (χ1) is 14.1. The van der Waals surface area contributed by atoms with Gasteiger partial charge in [0.05, 0.1) is 6.54 Å². The van der Waals surface area contributed by atoms with E-state index >= 15 is 0 Å². The van der Waals surface area contributed by atoms with Gasteiger partial charge in [-0.15, -0.1) is 11.3 Å². The molecule has 29 heavy (non-hydrogen) atoms. The van der Waals surface area contributed by atoms with Crippen molar-refractivity contribution in [2.75, 3.05) is 60.5 Å². The molecular weight excluding hydrogens is 382 g/mol. The summed E-state index contributed by atoms with van der Waals surface area (Å²) in [5, 5.41) is 9.32. The van der Waals surface area contributed by atoms with Gasteiger partial charge in [-0.3, -0.25) is 9.89 Å². The topological polar surface area (TPSA) is 52.1 Å². The first kappa shape index (κ1) is 22.5. The summed E-state index contributed by atoms with van der Waals surface area (Å²) < 4.78 is 5.60.